The summed E-state index contributed by atoms with van der Waals surface area (Å²) in [4.78, 5) is 2.33. The van der Waals surface area contributed by atoms with Crippen molar-refractivity contribution in [3.8, 4) is 11.5 Å². The lowest BCUT2D eigenvalue weighted by molar-refractivity contribution is 0.414. The van der Waals surface area contributed by atoms with Gasteiger partial charge in [-0.2, -0.15) is 0 Å². The van der Waals surface area contributed by atoms with Gasteiger partial charge in [0.05, 0.1) is 14.2 Å². The minimum atomic E-state index is 0.715. The summed E-state index contributed by atoms with van der Waals surface area (Å²) in [6.07, 6.45) is 2.24. The quantitative estimate of drug-likeness (QED) is 0.284. The Labute approximate surface area is 190 Å². The Bertz CT molecular complexity index is 1100. The summed E-state index contributed by atoms with van der Waals surface area (Å²) in [5, 5.41) is 0. The van der Waals surface area contributed by atoms with Gasteiger partial charge >= 0.3 is 0 Å². The first kappa shape index (κ1) is 21.3. The Morgan fingerprint density at radius 1 is 0.625 bits per heavy atom. The van der Waals surface area contributed by atoms with Crippen LogP contribution in [0, 0.1) is 0 Å². The number of benzene rings is 4. The molecule has 3 heteroatoms. The molecule has 0 atom stereocenters. The van der Waals surface area contributed by atoms with Gasteiger partial charge in [-0.1, -0.05) is 60.7 Å². The summed E-state index contributed by atoms with van der Waals surface area (Å²) in [5.74, 6) is 1.70. The van der Waals surface area contributed by atoms with Gasteiger partial charge in [-0.15, -0.1) is 0 Å². The number of anilines is 2. The Kier molecular flexibility index (Phi) is 6.88. The summed E-state index contributed by atoms with van der Waals surface area (Å²) in [6, 6.07) is 37.4. The molecule has 0 N–H and O–H groups in total. The number of rotatable bonds is 8. The van der Waals surface area contributed by atoms with Crippen LogP contribution in [0.3, 0.4) is 0 Å². The van der Waals surface area contributed by atoms with Crippen molar-refractivity contribution in [2.45, 2.75) is 0 Å². The molecule has 0 heterocycles. The van der Waals surface area contributed by atoms with Crippen LogP contribution in [-0.2, 0) is 0 Å². The molecule has 4 rings (SSSR count). The average Bonchev–Trinajstić information content (AvgIpc) is 2.88. The molecule has 0 saturated carbocycles. The van der Waals surface area contributed by atoms with Crippen LogP contribution < -0.4 is 14.4 Å². The van der Waals surface area contributed by atoms with Crippen molar-refractivity contribution in [3.63, 3.8) is 0 Å². The zero-order valence-corrected chi connectivity index (χ0v) is 18.4. The van der Waals surface area contributed by atoms with E-state index in [0.717, 1.165) is 34.0 Å². The van der Waals surface area contributed by atoms with Crippen LogP contribution in [0.15, 0.2) is 109 Å². The summed E-state index contributed by atoms with van der Waals surface area (Å²) >= 11 is 0. The molecule has 0 spiro atoms. The minimum Gasteiger partial charge on any atom is -0.497 e. The Hall–Kier alpha value is -3.98. The summed E-state index contributed by atoms with van der Waals surface area (Å²) < 4.78 is 10.7. The van der Waals surface area contributed by atoms with Crippen LogP contribution in [0.5, 0.6) is 11.5 Å². The molecule has 0 aromatic heterocycles. The van der Waals surface area contributed by atoms with Crippen molar-refractivity contribution in [1.82, 2.24) is 0 Å². The number of ether oxygens (including phenoxy) is 2. The van der Waals surface area contributed by atoms with E-state index in [1.165, 1.54) is 5.57 Å². The summed E-state index contributed by atoms with van der Waals surface area (Å²) in [5.41, 5.74) is 5.77. The molecule has 160 valence electrons. The van der Waals surface area contributed by atoms with Crippen molar-refractivity contribution in [2.75, 3.05) is 25.7 Å². The van der Waals surface area contributed by atoms with Crippen LogP contribution in [-0.4, -0.2) is 20.8 Å². The lowest BCUT2D eigenvalue weighted by Crippen LogP contribution is -2.19. The fourth-order valence-electron chi connectivity index (χ4n) is 3.64. The SMILES string of the molecule is COc1ccc(/C=C(/CN(c2ccccc2)c2ccccc2)c2ccc(OC)cc2)cc1. The standard InChI is InChI=1S/C29H27NO2/c1-31-28-17-13-23(14-18-28)21-25(24-15-19-29(32-2)20-16-24)22-30(26-9-5-3-6-10-26)27-11-7-4-8-12-27/h3-21H,22H2,1-2H3/b25-21-. The normalized spacial score (nSPS) is 11.1. The maximum Gasteiger partial charge on any atom is 0.118 e. The predicted molar refractivity (Wildman–Crippen MR) is 134 cm³/mol. The van der Waals surface area contributed by atoms with E-state index in [0.29, 0.717) is 6.54 Å². The maximum atomic E-state index is 5.37. The van der Waals surface area contributed by atoms with Gasteiger partial charge in [0.2, 0.25) is 0 Å². The van der Waals surface area contributed by atoms with E-state index >= 15 is 0 Å². The molecule has 0 amide bonds. The first-order valence-electron chi connectivity index (χ1n) is 10.6. The number of methoxy groups -OCH3 is 2. The van der Waals surface area contributed by atoms with Crippen molar-refractivity contribution < 1.29 is 9.47 Å². The van der Waals surface area contributed by atoms with Crippen molar-refractivity contribution in [3.05, 3.63) is 120 Å². The monoisotopic (exact) mass is 421 g/mol. The second kappa shape index (κ2) is 10.4. The second-order valence-corrected chi connectivity index (χ2v) is 7.43. The molecule has 32 heavy (non-hydrogen) atoms. The maximum absolute atomic E-state index is 5.37. The van der Waals surface area contributed by atoms with Crippen molar-refractivity contribution >= 4 is 23.0 Å². The van der Waals surface area contributed by atoms with Gasteiger partial charge in [0.25, 0.3) is 0 Å². The van der Waals surface area contributed by atoms with Crippen LogP contribution in [0.25, 0.3) is 11.6 Å². The number of hydrogen-bond donors (Lipinski definition) is 0. The zero-order chi connectivity index (χ0) is 22.2. The van der Waals surface area contributed by atoms with Gasteiger partial charge in [-0.3, -0.25) is 0 Å². The average molecular weight is 422 g/mol. The minimum absolute atomic E-state index is 0.715. The smallest absolute Gasteiger partial charge is 0.118 e. The molecule has 0 aliphatic heterocycles. The molecule has 0 bridgehead atoms. The van der Waals surface area contributed by atoms with Crippen molar-refractivity contribution in [1.29, 1.82) is 0 Å². The molecule has 4 aromatic carbocycles. The predicted octanol–water partition coefficient (Wildman–Crippen LogP) is 7.08. The molecule has 0 saturated heterocycles. The number of para-hydroxylation sites is 2. The largest absolute Gasteiger partial charge is 0.497 e. The molecule has 4 aromatic rings. The van der Waals surface area contributed by atoms with E-state index in [1.807, 2.05) is 36.4 Å². The van der Waals surface area contributed by atoms with Crippen LogP contribution in [0.4, 0.5) is 11.4 Å². The highest BCUT2D eigenvalue weighted by Gasteiger charge is 2.13. The lowest BCUT2D eigenvalue weighted by atomic mass is 10.0. The Morgan fingerprint density at radius 3 is 1.56 bits per heavy atom. The first-order chi connectivity index (χ1) is 15.8. The molecular weight excluding hydrogens is 394 g/mol. The van der Waals surface area contributed by atoms with Gasteiger partial charge in [-0.05, 0) is 71.3 Å². The number of nitrogens with zero attached hydrogens (tertiary/aromatic N) is 1. The third kappa shape index (κ3) is 5.19. The Balaban J connectivity index is 1.77. The molecule has 0 radical (unpaired) electrons. The van der Waals surface area contributed by atoms with E-state index in [4.69, 9.17) is 9.47 Å². The lowest BCUT2D eigenvalue weighted by Gasteiger charge is -2.27. The topological polar surface area (TPSA) is 21.7 Å². The van der Waals surface area contributed by atoms with Gasteiger partial charge < -0.3 is 14.4 Å². The number of hydrogen-bond acceptors (Lipinski definition) is 3. The second-order valence-electron chi connectivity index (χ2n) is 7.43. The van der Waals surface area contributed by atoms with Gasteiger partial charge in [0.15, 0.2) is 0 Å². The van der Waals surface area contributed by atoms with Crippen LogP contribution in [0.1, 0.15) is 11.1 Å². The van der Waals surface area contributed by atoms with E-state index in [9.17, 15) is 0 Å². The molecule has 0 aliphatic rings. The molecular formula is C29H27NO2. The van der Waals surface area contributed by atoms with Gasteiger partial charge in [0.1, 0.15) is 11.5 Å². The van der Waals surface area contributed by atoms with Gasteiger partial charge in [0, 0.05) is 17.9 Å². The van der Waals surface area contributed by atoms with Crippen LogP contribution in [0.2, 0.25) is 0 Å². The van der Waals surface area contributed by atoms with E-state index in [1.54, 1.807) is 14.2 Å². The summed E-state index contributed by atoms with van der Waals surface area (Å²) in [7, 11) is 3.38. The summed E-state index contributed by atoms with van der Waals surface area (Å²) in [6.45, 7) is 0.715. The fraction of sp³-hybridized carbons (Fsp3) is 0.103. The van der Waals surface area contributed by atoms with E-state index < -0.39 is 0 Å². The van der Waals surface area contributed by atoms with Crippen molar-refractivity contribution in [2.24, 2.45) is 0 Å². The molecule has 0 unspecified atom stereocenters. The highest BCUT2D eigenvalue weighted by Crippen LogP contribution is 2.30. The first-order valence-corrected chi connectivity index (χ1v) is 10.6. The third-order valence-corrected chi connectivity index (χ3v) is 5.38. The highest BCUT2D eigenvalue weighted by molar-refractivity contribution is 5.86. The molecule has 0 aliphatic carbocycles. The molecule has 0 fully saturated rings. The third-order valence-electron chi connectivity index (χ3n) is 5.38. The molecule has 3 nitrogen and oxygen atoms in total. The van der Waals surface area contributed by atoms with E-state index in [2.05, 4.69) is 83.8 Å². The Morgan fingerprint density at radius 2 is 1.09 bits per heavy atom. The van der Waals surface area contributed by atoms with E-state index in [-0.39, 0.29) is 0 Å². The fourth-order valence-corrected chi connectivity index (χ4v) is 3.64. The van der Waals surface area contributed by atoms with Gasteiger partial charge in [-0.25, -0.2) is 0 Å². The zero-order valence-electron chi connectivity index (χ0n) is 18.4. The van der Waals surface area contributed by atoms with Crippen LogP contribution >= 0.6 is 0 Å². The highest BCUT2D eigenvalue weighted by atomic mass is 16.5.